The number of pyridine rings is 1. The van der Waals surface area contributed by atoms with Crippen molar-refractivity contribution in [2.75, 3.05) is 18.5 Å². The number of benzene rings is 1. The number of anilines is 2. The summed E-state index contributed by atoms with van der Waals surface area (Å²) in [6, 6.07) is 8.20. The van der Waals surface area contributed by atoms with Crippen molar-refractivity contribution in [1.82, 2.24) is 29.6 Å². The van der Waals surface area contributed by atoms with E-state index >= 15 is 4.39 Å². The van der Waals surface area contributed by atoms with Crippen molar-refractivity contribution in [2.45, 2.75) is 43.9 Å². The zero-order valence-electron chi connectivity index (χ0n) is 20.0. The Bertz CT molecular complexity index is 1610. The third-order valence-electron chi connectivity index (χ3n) is 7.08. The molecule has 3 aromatic heterocycles. The molecule has 2 aliphatic rings. The highest BCUT2D eigenvalue weighted by Gasteiger charge is 2.45. The minimum Gasteiger partial charge on any atom is -0.395 e. The van der Waals surface area contributed by atoms with Crippen LogP contribution in [0.1, 0.15) is 29.7 Å². The molecule has 1 fully saturated rings. The van der Waals surface area contributed by atoms with Crippen molar-refractivity contribution in [3.8, 4) is 5.82 Å². The van der Waals surface area contributed by atoms with Crippen molar-refractivity contribution in [3.05, 3.63) is 69.5 Å². The molecular weight excluding hydrogens is 506 g/mol. The van der Waals surface area contributed by atoms with E-state index in [0.29, 0.717) is 28.9 Å². The van der Waals surface area contributed by atoms with E-state index in [-0.39, 0.29) is 23.6 Å². The largest absolute Gasteiger partial charge is 0.408 e. The van der Waals surface area contributed by atoms with E-state index in [1.54, 1.807) is 0 Å². The lowest BCUT2D eigenvalue weighted by molar-refractivity contribution is -0.144. The summed E-state index contributed by atoms with van der Waals surface area (Å²) in [6.07, 6.45) is -1.61. The summed E-state index contributed by atoms with van der Waals surface area (Å²) in [5, 5.41) is 15.9. The molecule has 13 heteroatoms. The van der Waals surface area contributed by atoms with Gasteiger partial charge >= 0.3 is 6.18 Å². The van der Waals surface area contributed by atoms with Crippen LogP contribution in [0.4, 0.5) is 29.2 Å². The number of rotatable bonds is 6. The number of aliphatic hydroxyl groups excluding tert-OH is 1. The van der Waals surface area contributed by atoms with Gasteiger partial charge in [0.05, 0.1) is 12.3 Å². The fourth-order valence-corrected chi connectivity index (χ4v) is 4.82. The van der Waals surface area contributed by atoms with Gasteiger partial charge in [0.25, 0.3) is 5.56 Å². The van der Waals surface area contributed by atoms with Crippen molar-refractivity contribution in [2.24, 2.45) is 0 Å². The molecule has 38 heavy (non-hydrogen) atoms. The summed E-state index contributed by atoms with van der Waals surface area (Å²) < 4.78 is 56.8. The van der Waals surface area contributed by atoms with Crippen LogP contribution in [0.2, 0.25) is 0 Å². The first-order valence-electron chi connectivity index (χ1n) is 12.1. The first-order valence-corrected chi connectivity index (χ1v) is 12.1. The van der Waals surface area contributed by atoms with Gasteiger partial charge in [0.2, 0.25) is 5.95 Å². The molecule has 0 atom stereocenters. The number of nitrogens with zero attached hydrogens (tertiary/aromatic N) is 5. The Hall–Kier alpha value is -3.84. The quantitative estimate of drug-likeness (QED) is 0.330. The second-order valence-corrected chi connectivity index (χ2v) is 9.70. The minimum atomic E-state index is -4.78. The van der Waals surface area contributed by atoms with E-state index in [4.69, 9.17) is 0 Å². The zero-order chi connectivity index (χ0) is 26.7. The van der Waals surface area contributed by atoms with Crippen LogP contribution in [0.25, 0.3) is 16.9 Å². The molecule has 198 valence electrons. The topological polar surface area (TPSA) is 110 Å². The Balaban J connectivity index is 1.49. The summed E-state index contributed by atoms with van der Waals surface area (Å²) in [5.74, 6) is -1.42. The summed E-state index contributed by atoms with van der Waals surface area (Å²) in [6.45, 7) is -0.320. The summed E-state index contributed by atoms with van der Waals surface area (Å²) >= 11 is 0. The third-order valence-corrected chi connectivity index (χ3v) is 7.08. The molecule has 4 heterocycles. The van der Waals surface area contributed by atoms with Crippen LogP contribution in [-0.4, -0.2) is 48.8 Å². The molecule has 0 bridgehead atoms. The predicted molar refractivity (Wildman–Crippen MR) is 130 cm³/mol. The van der Waals surface area contributed by atoms with Crippen LogP contribution < -0.4 is 16.2 Å². The molecule has 1 aliphatic heterocycles. The number of hydrogen-bond donors (Lipinski definition) is 3. The highest BCUT2D eigenvalue weighted by atomic mass is 19.4. The molecule has 0 amide bonds. The van der Waals surface area contributed by atoms with Crippen LogP contribution in [0, 0.1) is 5.82 Å². The first kappa shape index (κ1) is 24.5. The average molecular weight is 529 g/mol. The maximum absolute atomic E-state index is 15.1. The fourth-order valence-electron chi connectivity index (χ4n) is 4.82. The number of alkyl halides is 3. The van der Waals surface area contributed by atoms with E-state index in [0.717, 1.165) is 47.6 Å². The SMILES string of the molecule is O=c1c2cnc(Nc3ccc4c(c3)CCNC4)nc2n(-c2nc(C3(CO)CC3)ccc2F)n1CC(F)(F)F. The monoisotopic (exact) mass is 529 g/mol. The lowest BCUT2D eigenvalue weighted by Crippen LogP contribution is -2.31. The number of fused-ring (bicyclic) bond motifs is 2. The van der Waals surface area contributed by atoms with Crippen LogP contribution in [0.5, 0.6) is 0 Å². The van der Waals surface area contributed by atoms with Crippen LogP contribution in [-0.2, 0) is 24.9 Å². The normalized spacial score (nSPS) is 16.4. The van der Waals surface area contributed by atoms with E-state index in [9.17, 15) is 23.1 Å². The van der Waals surface area contributed by atoms with Gasteiger partial charge in [-0.05, 0) is 61.2 Å². The lowest BCUT2D eigenvalue weighted by atomic mass is 10.0. The average Bonchev–Trinajstić information content (AvgIpc) is 3.65. The molecule has 0 unspecified atom stereocenters. The molecule has 0 radical (unpaired) electrons. The van der Waals surface area contributed by atoms with Gasteiger partial charge in [0.15, 0.2) is 17.3 Å². The molecule has 6 rings (SSSR count). The van der Waals surface area contributed by atoms with Gasteiger partial charge in [-0.15, -0.1) is 0 Å². The fraction of sp³-hybridized carbons (Fsp3) is 0.360. The van der Waals surface area contributed by atoms with Gasteiger partial charge in [-0.1, -0.05) is 6.07 Å². The Labute approximate surface area is 213 Å². The highest BCUT2D eigenvalue weighted by molar-refractivity contribution is 5.77. The van der Waals surface area contributed by atoms with Crippen LogP contribution in [0.15, 0.2) is 41.3 Å². The van der Waals surface area contributed by atoms with Gasteiger partial charge in [0.1, 0.15) is 11.9 Å². The molecule has 0 spiro atoms. The molecular formula is C25H23F4N7O2. The zero-order valence-corrected chi connectivity index (χ0v) is 20.0. The number of aromatic nitrogens is 5. The van der Waals surface area contributed by atoms with E-state index in [2.05, 4.69) is 25.6 Å². The van der Waals surface area contributed by atoms with E-state index in [1.807, 2.05) is 18.2 Å². The molecule has 3 N–H and O–H groups in total. The second-order valence-electron chi connectivity index (χ2n) is 9.70. The van der Waals surface area contributed by atoms with Crippen molar-refractivity contribution < 1.29 is 22.7 Å². The Kier molecular flexibility index (Phi) is 5.72. The Morgan fingerprint density at radius 3 is 2.68 bits per heavy atom. The van der Waals surface area contributed by atoms with E-state index < -0.39 is 35.3 Å². The van der Waals surface area contributed by atoms with Crippen molar-refractivity contribution in [3.63, 3.8) is 0 Å². The second kappa shape index (κ2) is 8.88. The van der Waals surface area contributed by atoms with Crippen molar-refractivity contribution in [1.29, 1.82) is 0 Å². The van der Waals surface area contributed by atoms with Crippen LogP contribution >= 0.6 is 0 Å². The number of nitrogens with one attached hydrogen (secondary N) is 2. The number of aliphatic hydroxyl groups is 1. The highest BCUT2D eigenvalue weighted by Crippen LogP contribution is 2.47. The van der Waals surface area contributed by atoms with Gasteiger partial charge in [-0.3, -0.25) is 4.79 Å². The number of hydrogen-bond acceptors (Lipinski definition) is 7. The van der Waals surface area contributed by atoms with Gasteiger partial charge in [0, 0.05) is 23.8 Å². The van der Waals surface area contributed by atoms with Crippen LogP contribution in [0.3, 0.4) is 0 Å². The first-order chi connectivity index (χ1) is 18.2. The van der Waals surface area contributed by atoms with Gasteiger partial charge < -0.3 is 15.7 Å². The smallest absolute Gasteiger partial charge is 0.395 e. The maximum Gasteiger partial charge on any atom is 0.408 e. The Morgan fingerprint density at radius 1 is 1.13 bits per heavy atom. The predicted octanol–water partition coefficient (Wildman–Crippen LogP) is 3.09. The molecule has 1 aromatic carbocycles. The lowest BCUT2D eigenvalue weighted by Gasteiger charge is -2.18. The van der Waals surface area contributed by atoms with Crippen molar-refractivity contribution >= 4 is 22.7 Å². The standard InChI is InChI=1S/C25H23F4N7O2/c26-18-3-4-19(24(13-37)6-7-24)33-21(18)36-20-17(22(38)35(36)12-25(27,28)29)11-31-23(34-20)32-16-2-1-15-10-30-8-5-14(15)9-16/h1-4,9,11,30,37H,5-8,10,12-13H2,(H,31,32,34). The van der Waals surface area contributed by atoms with E-state index in [1.165, 1.54) is 6.07 Å². The maximum atomic E-state index is 15.1. The minimum absolute atomic E-state index is 0.0230. The summed E-state index contributed by atoms with van der Waals surface area (Å²) in [7, 11) is 0. The molecule has 1 aliphatic carbocycles. The molecule has 9 nitrogen and oxygen atoms in total. The Morgan fingerprint density at radius 2 is 1.95 bits per heavy atom. The summed E-state index contributed by atoms with van der Waals surface area (Å²) in [4.78, 5) is 25.8. The molecule has 4 aromatic rings. The number of halogens is 4. The molecule has 1 saturated carbocycles. The van der Waals surface area contributed by atoms with Gasteiger partial charge in [-0.25, -0.2) is 23.7 Å². The summed E-state index contributed by atoms with van der Waals surface area (Å²) in [5.41, 5.74) is 1.37. The third kappa shape index (κ3) is 4.31. The van der Waals surface area contributed by atoms with Gasteiger partial charge in [-0.2, -0.15) is 18.2 Å². The molecule has 0 saturated heterocycles.